The maximum atomic E-state index is 10.7. The summed E-state index contributed by atoms with van der Waals surface area (Å²) in [7, 11) is 0. The molecule has 1 rings (SSSR count). The molecule has 1 aromatic carbocycles. The van der Waals surface area contributed by atoms with Gasteiger partial charge in [-0.25, -0.2) is 4.79 Å². The van der Waals surface area contributed by atoms with E-state index in [1.807, 2.05) is 42.5 Å². The van der Waals surface area contributed by atoms with E-state index in [0.717, 1.165) is 5.56 Å². The van der Waals surface area contributed by atoms with Crippen LogP contribution >= 0.6 is 0 Å². The molecule has 0 fully saturated rings. The highest BCUT2D eigenvalue weighted by molar-refractivity contribution is 5.86. The zero-order valence-electron chi connectivity index (χ0n) is 8.68. The zero-order valence-corrected chi connectivity index (χ0v) is 8.68. The molecule has 2 nitrogen and oxygen atoms in total. The molecule has 0 unspecified atom stereocenters. The van der Waals surface area contributed by atoms with Crippen LogP contribution in [-0.4, -0.2) is 11.1 Å². The van der Waals surface area contributed by atoms with Gasteiger partial charge in [-0.2, -0.15) is 0 Å². The summed E-state index contributed by atoms with van der Waals surface area (Å²) in [6, 6.07) is 9.81. The van der Waals surface area contributed by atoms with Crippen molar-refractivity contribution in [3.8, 4) is 0 Å². The molecule has 78 valence electrons. The van der Waals surface area contributed by atoms with Gasteiger partial charge in [-0.1, -0.05) is 48.6 Å². The maximum Gasteiger partial charge on any atom is 0.331 e. The molecule has 0 saturated carbocycles. The van der Waals surface area contributed by atoms with E-state index in [0.29, 0.717) is 12.0 Å². The minimum Gasteiger partial charge on any atom is -0.478 e. The van der Waals surface area contributed by atoms with Gasteiger partial charge in [-0.05, 0) is 18.9 Å². The third-order valence-electron chi connectivity index (χ3n) is 2.07. The van der Waals surface area contributed by atoms with Gasteiger partial charge in [0.05, 0.1) is 0 Å². The van der Waals surface area contributed by atoms with Gasteiger partial charge < -0.3 is 5.11 Å². The van der Waals surface area contributed by atoms with Crippen molar-refractivity contribution in [1.29, 1.82) is 0 Å². The van der Waals surface area contributed by atoms with Gasteiger partial charge in [0.2, 0.25) is 0 Å². The number of carboxylic acid groups (broad SMARTS) is 1. The molecule has 0 aromatic heterocycles. The van der Waals surface area contributed by atoms with Crippen LogP contribution in [0.1, 0.15) is 18.9 Å². The molecule has 0 aliphatic rings. The van der Waals surface area contributed by atoms with Crippen LogP contribution in [0.3, 0.4) is 0 Å². The van der Waals surface area contributed by atoms with E-state index in [-0.39, 0.29) is 0 Å². The Bertz CT molecular complexity index is 375. The average Bonchev–Trinajstić information content (AvgIpc) is 2.25. The Balaban J connectivity index is 2.57. The molecule has 0 spiro atoms. The molecule has 0 aliphatic heterocycles. The number of allylic oxidation sites excluding steroid dienone is 2. The quantitative estimate of drug-likeness (QED) is 0.761. The average molecular weight is 202 g/mol. The lowest BCUT2D eigenvalue weighted by molar-refractivity contribution is -0.132. The Kier molecular flexibility index (Phi) is 4.35. The number of aliphatic carboxylic acids is 1. The first-order valence-corrected chi connectivity index (χ1v) is 4.84. The Hall–Kier alpha value is -1.83. The largest absolute Gasteiger partial charge is 0.478 e. The molecule has 0 bridgehead atoms. The van der Waals surface area contributed by atoms with E-state index >= 15 is 0 Å². The lowest BCUT2D eigenvalue weighted by Gasteiger charge is -1.95. The summed E-state index contributed by atoms with van der Waals surface area (Å²) < 4.78 is 0. The Morgan fingerprint density at radius 1 is 1.33 bits per heavy atom. The van der Waals surface area contributed by atoms with Crippen molar-refractivity contribution < 1.29 is 9.90 Å². The Morgan fingerprint density at radius 3 is 2.53 bits per heavy atom. The first kappa shape index (κ1) is 11.2. The lowest BCUT2D eigenvalue weighted by Crippen LogP contribution is -1.98. The minimum atomic E-state index is -0.852. The normalized spacial score (nSPS) is 11.9. The van der Waals surface area contributed by atoms with Gasteiger partial charge in [-0.3, -0.25) is 0 Å². The molecule has 15 heavy (non-hydrogen) atoms. The standard InChI is InChI=1S/C13H14O2/c1-2-12(13(14)15)10-6-9-11-7-4-3-5-8-11/h2-9H,10H2,1H3,(H,14,15)/b9-6+,12-2+. The molecule has 1 N–H and O–H groups in total. The van der Waals surface area contributed by atoms with E-state index < -0.39 is 5.97 Å². The van der Waals surface area contributed by atoms with Crippen LogP contribution in [-0.2, 0) is 4.79 Å². The fourth-order valence-corrected chi connectivity index (χ4v) is 1.21. The molecule has 0 radical (unpaired) electrons. The topological polar surface area (TPSA) is 37.3 Å². The molecule has 0 heterocycles. The first-order chi connectivity index (χ1) is 7.24. The van der Waals surface area contributed by atoms with E-state index in [2.05, 4.69) is 0 Å². The number of hydrogen-bond donors (Lipinski definition) is 1. The van der Waals surface area contributed by atoms with Gasteiger partial charge in [0.15, 0.2) is 0 Å². The molecule has 0 amide bonds. The minimum absolute atomic E-state index is 0.419. The predicted octanol–water partition coefficient (Wildman–Crippen LogP) is 3.12. The monoisotopic (exact) mass is 202 g/mol. The van der Waals surface area contributed by atoms with Gasteiger partial charge in [-0.15, -0.1) is 0 Å². The third-order valence-corrected chi connectivity index (χ3v) is 2.07. The smallest absolute Gasteiger partial charge is 0.331 e. The predicted molar refractivity (Wildman–Crippen MR) is 61.5 cm³/mol. The number of benzene rings is 1. The van der Waals surface area contributed by atoms with Gasteiger partial charge in [0.1, 0.15) is 0 Å². The van der Waals surface area contributed by atoms with Crippen molar-refractivity contribution in [3.63, 3.8) is 0 Å². The zero-order chi connectivity index (χ0) is 11.1. The highest BCUT2D eigenvalue weighted by Crippen LogP contribution is 2.06. The lowest BCUT2D eigenvalue weighted by atomic mass is 10.1. The second-order valence-electron chi connectivity index (χ2n) is 3.14. The second kappa shape index (κ2) is 5.81. The van der Waals surface area contributed by atoms with Crippen molar-refractivity contribution in [1.82, 2.24) is 0 Å². The van der Waals surface area contributed by atoms with Crippen LogP contribution in [0, 0.1) is 0 Å². The third kappa shape index (κ3) is 3.81. The summed E-state index contributed by atoms with van der Waals surface area (Å²) in [5, 5.41) is 8.77. The SMILES string of the molecule is C/C=C(\C/C=C/c1ccccc1)C(=O)O. The summed E-state index contributed by atoms with van der Waals surface area (Å²) in [6.07, 6.45) is 5.86. The van der Waals surface area contributed by atoms with E-state index in [9.17, 15) is 4.79 Å². The van der Waals surface area contributed by atoms with Crippen molar-refractivity contribution in [2.24, 2.45) is 0 Å². The van der Waals surface area contributed by atoms with Crippen molar-refractivity contribution in [2.45, 2.75) is 13.3 Å². The highest BCUT2D eigenvalue weighted by Gasteiger charge is 2.01. The van der Waals surface area contributed by atoms with Crippen LogP contribution in [0.15, 0.2) is 48.1 Å². The van der Waals surface area contributed by atoms with Crippen molar-refractivity contribution in [3.05, 3.63) is 53.6 Å². The van der Waals surface area contributed by atoms with E-state index in [1.54, 1.807) is 13.0 Å². The second-order valence-corrected chi connectivity index (χ2v) is 3.14. The van der Waals surface area contributed by atoms with Crippen LogP contribution in [0.2, 0.25) is 0 Å². The van der Waals surface area contributed by atoms with Crippen LogP contribution < -0.4 is 0 Å². The summed E-state index contributed by atoms with van der Waals surface area (Å²) in [6.45, 7) is 1.74. The molecule has 0 saturated heterocycles. The molecule has 0 atom stereocenters. The van der Waals surface area contributed by atoms with Crippen LogP contribution in [0.25, 0.3) is 6.08 Å². The molecular formula is C13H14O2. The van der Waals surface area contributed by atoms with Gasteiger partial charge >= 0.3 is 5.97 Å². The number of rotatable bonds is 4. The fourth-order valence-electron chi connectivity index (χ4n) is 1.21. The molecular weight excluding hydrogens is 188 g/mol. The van der Waals surface area contributed by atoms with Crippen molar-refractivity contribution in [2.75, 3.05) is 0 Å². The summed E-state index contributed by atoms with van der Waals surface area (Å²) >= 11 is 0. The number of hydrogen-bond acceptors (Lipinski definition) is 1. The maximum absolute atomic E-state index is 10.7. The van der Waals surface area contributed by atoms with E-state index in [1.165, 1.54) is 0 Å². The number of carbonyl (C=O) groups is 1. The molecule has 2 heteroatoms. The number of carboxylic acids is 1. The van der Waals surface area contributed by atoms with Gasteiger partial charge in [0.25, 0.3) is 0 Å². The fraction of sp³-hybridized carbons (Fsp3) is 0.154. The highest BCUT2D eigenvalue weighted by atomic mass is 16.4. The summed E-state index contributed by atoms with van der Waals surface area (Å²) in [5.41, 5.74) is 1.50. The summed E-state index contributed by atoms with van der Waals surface area (Å²) in [4.78, 5) is 10.7. The van der Waals surface area contributed by atoms with Crippen molar-refractivity contribution >= 4 is 12.0 Å². The van der Waals surface area contributed by atoms with Crippen LogP contribution in [0.5, 0.6) is 0 Å². The Labute approximate surface area is 89.6 Å². The Morgan fingerprint density at radius 2 is 2.00 bits per heavy atom. The summed E-state index contributed by atoms with van der Waals surface area (Å²) in [5.74, 6) is -0.852. The van der Waals surface area contributed by atoms with E-state index in [4.69, 9.17) is 5.11 Å². The van der Waals surface area contributed by atoms with Crippen LogP contribution in [0.4, 0.5) is 0 Å². The molecule has 1 aromatic rings. The molecule has 0 aliphatic carbocycles. The van der Waals surface area contributed by atoms with Gasteiger partial charge in [0, 0.05) is 5.57 Å². The first-order valence-electron chi connectivity index (χ1n) is 4.84.